The number of ether oxygens (including phenoxy) is 1. The molecule has 1 aromatic carbocycles. The minimum atomic E-state index is -2.81. The highest BCUT2D eigenvalue weighted by atomic mass is 35.5. The molecule has 0 saturated carbocycles. The van der Waals surface area contributed by atoms with Crippen LogP contribution in [0.25, 0.3) is 0 Å². The lowest BCUT2D eigenvalue weighted by atomic mass is 10.1. The van der Waals surface area contributed by atoms with Crippen molar-refractivity contribution in [2.45, 2.75) is 31.7 Å². The fraction of sp³-hybridized carbons (Fsp3) is 0.533. The summed E-state index contributed by atoms with van der Waals surface area (Å²) in [4.78, 5) is 11.8. The Hall–Kier alpha value is -1.11. The molecule has 0 radical (unpaired) electrons. The van der Waals surface area contributed by atoms with Gasteiger partial charge in [0.15, 0.2) is 0 Å². The van der Waals surface area contributed by atoms with E-state index >= 15 is 0 Å². The maximum atomic E-state index is 13.1. The predicted octanol–water partition coefficient (Wildman–Crippen LogP) is 2.82. The average Bonchev–Trinajstić information content (AvgIpc) is 2.82. The summed E-state index contributed by atoms with van der Waals surface area (Å²) in [5, 5.41) is 5.78. The third-order valence-corrected chi connectivity index (χ3v) is 3.68. The molecule has 130 valence electrons. The Morgan fingerprint density at radius 2 is 2.26 bits per heavy atom. The van der Waals surface area contributed by atoms with Crippen LogP contribution in [0.1, 0.15) is 18.9 Å². The topological polar surface area (TPSA) is 50.4 Å². The van der Waals surface area contributed by atoms with Crippen LogP contribution in [-0.4, -0.2) is 37.6 Å². The van der Waals surface area contributed by atoms with E-state index in [1.54, 1.807) is 18.2 Å². The van der Waals surface area contributed by atoms with Crippen molar-refractivity contribution in [3.63, 3.8) is 0 Å². The zero-order chi connectivity index (χ0) is 16.2. The van der Waals surface area contributed by atoms with Gasteiger partial charge in [0.2, 0.25) is 5.91 Å². The number of amides is 1. The van der Waals surface area contributed by atoms with Crippen LogP contribution in [0, 0.1) is 0 Å². The van der Waals surface area contributed by atoms with Crippen LogP contribution in [0.3, 0.4) is 0 Å². The van der Waals surface area contributed by atoms with Crippen molar-refractivity contribution < 1.29 is 18.3 Å². The Balaban J connectivity index is 0.00000264. The number of carbonyl (C=O) groups excluding carboxylic acids is 1. The molecule has 1 atom stereocenters. The van der Waals surface area contributed by atoms with Gasteiger partial charge in [0, 0.05) is 18.0 Å². The van der Waals surface area contributed by atoms with Gasteiger partial charge >= 0.3 is 0 Å². The molecule has 1 unspecified atom stereocenters. The first-order valence-corrected chi connectivity index (χ1v) is 7.59. The largest absolute Gasteiger partial charge is 0.494 e. The second-order valence-corrected chi connectivity index (χ2v) is 5.66. The maximum Gasteiger partial charge on any atom is 0.262 e. The number of hydrogen-bond acceptors (Lipinski definition) is 3. The summed E-state index contributed by atoms with van der Waals surface area (Å²) in [7, 11) is 0. The summed E-state index contributed by atoms with van der Waals surface area (Å²) in [5.41, 5.74) is 0.874. The van der Waals surface area contributed by atoms with Crippen molar-refractivity contribution in [2.75, 3.05) is 19.7 Å². The van der Waals surface area contributed by atoms with Crippen molar-refractivity contribution >= 4 is 29.9 Å². The van der Waals surface area contributed by atoms with Crippen molar-refractivity contribution in [1.29, 1.82) is 0 Å². The smallest absolute Gasteiger partial charge is 0.262 e. The maximum absolute atomic E-state index is 13.1. The van der Waals surface area contributed by atoms with Gasteiger partial charge in [0.05, 0.1) is 19.2 Å². The highest BCUT2D eigenvalue weighted by molar-refractivity contribution is 6.30. The Morgan fingerprint density at radius 1 is 1.52 bits per heavy atom. The van der Waals surface area contributed by atoms with Gasteiger partial charge < -0.3 is 10.1 Å². The van der Waals surface area contributed by atoms with E-state index in [9.17, 15) is 13.6 Å². The minimum absolute atomic E-state index is 0. The molecule has 0 spiro atoms. The highest BCUT2D eigenvalue weighted by Crippen LogP contribution is 2.25. The van der Waals surface area contributed by atoms with Crippen LogP contribution >= 0.6 is 24.0 Å². The Bertz CT molecular complexity index is 544. The average molecular weight is 369 g/mol. The lowest BCUT2D eigenvalue weighted by Crippen LogP contribution is -2.41. The third-order valence-electron chi connectivity index (χ3n) is 3.44. The normalized spacial score (nSPS) is 19.0. The molecule has 4 nitrogen and oxygen atoms in total. The summed E-state index contributed by atoms with van der Waals surface area (Å²) in [5.74, 6) is -2.50. The van der Waals surface area contributed by atoms with Crippen molar-refractivity contribution in [2.24, 2.45) is 0 Å². The van der Waals surface area contributed by atoms with E-state index in [0.29, 0.717) is 30.3 Å². The van der Waals surface area contributed by atoms with Crippen molar-refractivity contribution in [3.05, 3.63) is 28.8 Å². The molecule has 1 amide bonds. The number of benzene rings is 1. The van der Waals surface area contributed by atoms with Gasteiger partial charge in [0.1, 0.15) is 5.75 Å². The van der Waals surface area contributed by atoms with E-state index < -0.39 is 30.8 Å². The van der Waals surface area contributed by atoms with E-state index in [4.69, 9.17) is 16.3 Å². The van der Waals surface area contributed by atoms with Crippen LogP contribution in [-0.2, 0) is 11.2 Å². The molecule has 1 aliphatic heterocycles. The molecular weight excluding hydrogens is 349 g/mol. The first-order chi connectivity index (χ1) is 10.4. The number of nitrogens with one attached hydrogen (secondary N) is 2. The van der Waals surface area contributed by atoms with Crippen LogP contribution in [0.5, 0.6) is 5.75 Å². The molecule has 0 bridgehead atoms. The number of halogens is 4. The molecule has 0 aromatic heterocycles. The number of carbonyl (C=O) groups is 1. The van der Waals surface area contributed by atoms with E-state index in [1.165, 1.54) is 0 Å². The molecule has 1 saturated heterocycles. The first kappa shape index (κ1) is 19.9. The SMILES string of the molecule is CCOc1ccc(Cl)cc1CCNC(=O)C1CC(F)(F)CN1.Cl. The molecule has 0 aliphatic carbocycles. The lowest BCUT2D eigenvalue weighted by Gasteiger charge is -2.13. The molecule has 2 rings (SSSR count). The van der Waals surface area contributed by atoms with Gasteiger partial charge in [-0.3, -0.25) is 10.1 Å². The summed E-state index contributed by atoms with van der Waals surface area (Å²) in [6, 6.07) is 4.46. The molecule has 1 heterocycles. The molecule has 8 heteroatoms. The van der Waals surface area contributed by atoms with Crippen molar-refractivity contribution in [3.8, 4) is 5.75 Å². The van der Waals surface area contributed by atoms with E-state index in [2.05, 4.69) is 10.6 Å². The van der Waals surface area contributed by atoms with Crippen molar-refractivity contribution in [1.82, 2.24) is 10.6 Å². The van der Waals surface area contributed by atoms with Crippen LogP contribution < -0.4 is 15.4 Å². The summed E-state index contributed by atoms with van der Waals surface area (Å²) < 4.78 is 31.6. The summed E-state index contributed by atoms with van der Waals surface area (Å²) >= 11 is 5.96. The van der Waals surface area contributed by atoms with Gasteiger partial charge in [-0.15, -0.1) is 12.4 Å². The Kier molecular flexibility index (Phi) is 7.51. The molecule has 1 aromatic rings. The summed E-state index contributed by atoms with van der Waals surface area (Å²) in [6.45, 7) is 2.30. The molecule has 1 fully saturated rings. The molecular formula is C15H20Cl2F2N2O2. The van der Waals surface area contributed by atoms with Gasteiger partial charge in [-0.25, -0.2) is 8.78 Å². The first-order valence-electron chi connectivity index (χ1n) is 7.21. The minimum Gasteiger partial charge on any atom is -0.494 e. The van der Waals surface area contributed by atoms with E-state index in [0.717, 1.165) is 5.56 Å². The third kappa shape index (κ3) is 5.79. The Morgan fingerprint density at radius 3 is 2.87 bits per heavy atom. The second-order valence-electron chi connectivity index (χ2n) is 5.22. The predicted molar refractivity (Wildman–Crippen MR) is 87.9 cm³/mol. The monoisotopic (exact) mass is 368 g/mol. The standard InChI is InChI=1S/C15H19ClF2N2O2.ClH/c1-2-22-13-4-3-11(16)7-10(13)5-6-19-14(21)12-8-15(17,18)9-20-12;/h3-4,7,12,20H,2,5-6,8-9H2,1H3,(H,19,21);1H. The van der Waals surface area contributed by atoms with E-state index in [1.807, 2.05) is 6.92 Å². The van der Waals surface area contributed by atoms with E-state index in [-0.39, 0.29) is 12.4 Å². The fourth-order valence-electron chi connectivity index (χ4n) is 2.38. The molecule has 1 aliphatic rings. The zero-order valence-corrected chi connectivity index (χ0v) is 14.3. The van der Waals surface area contributed by atoms with Gasteiger partial charge in [0.25, 0.3) is 5.92 Å². The summed E-state index contributed by atoms with van der Waals surface area (Å²) in [6.07, 6.45) is 0.0605. The van der Waals surface area contributed by atoms with Gasteiger partial charge in [-0.1, -0.05) is 11.6 Å². The van der Waals surface area contributed by atoms with Crippen LogP contribution in [0.4, 0.5) is 8.78 Å². The molecule has 23 heavy (non-hydrogen) atoms. The quantitative estimate of drug-likeness (QED) is 0.811. The zero-order valence-electron chi connectivity index (χ0n) is 12.7. The van der Waals surface area contributed by atoms with Crippen LogP contribution in [0.15, 0.2) is 18.2 Å². The second kappa shape index (κ2) is 8.66. The number of hydrogen-bond donors (Lipinski definition) is 2. The number of alkyl halides is 2. The lowest BCUT2D eigenvalue weighted by molar-refractivity contribution is -0.123. The fourth-order valence-corrected chi connectivity index (χ4v) is 2.58. The van der Waals surface area contributed by atoms with Crippen LogP contribution in [0.2, 0.25) is 5.02 Å². The Labute approximate surface area is 145 Å². The highest BCUT2D eigenvalue weighted by Gasteiger charge is 2.42. The molecule has 2 N–H and O–H groups in total. The van der Waals surface area contributed by atoms with Gasteiger partial charge in [-0.05, 0) is 37.1 Å². The number of rotatable bonds is 6. The van der Waals surface area contributed by atoms with Gasteiger partial charge in [-0.2, -0.15) is 0 Å².